The lowest BCUT2D eigenvalue weighted by Gasteiger charge is -2.38. The normalized spacial score (nSPS) is 21.8. The van der Waals surface area contributed by atoms with Gasteiger partial charge in [0.2, 0.25) is 11.8 Å². The number of likely N-dealkylation sites (tertiary alicyclic amines) is 1. The molecule has 0 spiro atoms. The fourth-order valence-electron chi connectivity index (χ4n) is 3.78. The van der Waals surface area contributed by atoms with Crippen molar-refractivity contribution in [1.82, 2.24) is 10.2 Å². The molecule has 22 heavy (non-hydrogen) atoms. The molecule has 0 aromatic carbocycles. The van der Waals surface area contributed by atoms with Crippen LogP contribution in [-0.4, -0.2) is 43.4 Å². The molecule has 1 saturated carbocycles. The number of amides is 2. The monoisotopic (exact) mass is 331 g/mol. The van der Waals surface area contributed by atoms with Crippen LogP contribution in [0.2, 0.25) is 0 Å². The van der Waals surface area contributed by atoms with Crippen LogP contribution in [0.3, 0.4) is 0 Å². The molecule has 2 rings (SSSR count). The number of nitrogens with zero attached hydrogens (tertiary/aromatic N) is 1. The van der Waals surface area contributed by atoms with E-state index in [4.69, 9.17) is 5.73 Å². The Labute approximate surface area is 139 Å². The maximum absolute atomic E-state index is 12.5. The summed E-state index contributed by atoms with van der Waals surface area (Å²) in [6.45, 7) is 2.03. The van der Waals surface area contributed by atoms with E-state index in [-0.39, 0.29) is 35.6 Å². The van der Waals surface area contributed by atoms with Crippen LogP contribution in [0.25, 0.3) is 0 Å². The molecule has 0 aromatic heterocycles. The van der Waals surface area contributed by atoms with Crippen LogP contribution in [0.4, 0.5) is 0 Å². The molecule has 1 aliphatic carbocycles. The summed E-state index contributed by atoms with van der Waals surface area (Å²) in [4.78, 5) is 26.1. The van der Waals surface area contributed by atoms with Gasteiger partial charge in [0.05, 0.1) is 0 Å². The zero-order chi connectivity index (χ0) is 15.3. The number of halogens is 1. The first-order chi connectivity index (χ1) is 10.1. The van der Waals surface area contributed by atoms with Crippen molar-refractivity contribution in [1.29, 1.82) is 0 Å². The van der Waals surface area contributed by atoms with Crippen LogP contribution < -0.4 is 11.1 Å². The third-order valence-electron chi connectivity index (χ3n) is 5.34. The van der Waals surface area contributed by atoms with Crippen molar-refractivity contribution in [2.45, 2.75) is 51.4 Å². The van der Waals surface area contributed by atoms with E-state index >= 15 is 0 Å². The second-order valence-electron chi connectivity index (χ2n) is 6.71. The van der Waals surface area contributed by atoms with E-state index in [2.05, 4.69) is 5.32 Å². The predicted octanol–water partition coefficient (Wildman–Crippen LogP) is 1.69. The van der Waals surface area contributed by atoms with E-state index in [9.17, 15) is 9.59 Å². The number of hydrogen-bond donors (Lipinski definition) is 2. The van der Waals surface area contributed by atoms with Crippen molar-refractivity contribution < 1.29 is 9.59 Å². The molecule has 1 aliphatic heterocycles. The van der Waals surface area contributed by atoms with Crippen LogP contribution in [0.5, 0.6) is 0 Å². The Balaban J connectivity index is 0.00000242. The summed E-state index contributed by atoms with van der Waals surface area (Å²) < 4.78 is 0. The fourth-order valence-corrected chi connectivity index (χ4v) is 3.78. The summed E-state index contributed by atoms with van der Waals surface area (Å²) in [5.41, 5.74) is 6.01. The highest BCUT2D eigenvalue weighted by Gasteiger charge is 2.35. The van der Waals surface area contributed by atoms with Crippen molar-refractivity contribution in [3.05, 3.63) is 0 Å². The van der Waals surface area contributed by atoms with Gasteiger partial charge in [-0.3, -0.25) is 9.59 Å². The summed E-state index contributed by atoms with van der Waals surface area (Å²) in [7, 11) is 1.67. The Morgan fingerprint density at radius 1 is 1.18 bits per heavy atom. The predicted molar refractivity (Wildman–Crippen MR) is 89.8 cm³/mol. The molecular weight excluding hydrogens is 302 g/mol. The minimum absolute atomic E-state index is 0. The van der Waals surface area contributed by atoms with Crippen molar-refractivity contribution in [2.24, 2.45) is 17.1 Å². The zero-order valence-corrected chi connectivity index (χ0v) is 14.4. The van der Waals surface area contributed by atoms with Crippen LogP contribution in [0.15, 0.2) is 0 Å². The van der Waals surface area contributed by atoms with Gasteiger partial charge in [-0.25, -0.2) is 0 Å². The quantitative estimate of drug-likeness (QED) is 0.823. The van der Waals surface area contributed by atoms with Gasteiger partial charge in [0.25, 0.3) is 0 Å². The minimum atomic E-state index is 0. The zero-order valence-electron chi connectivity index (χ0n) is 13.6. The summed E-state index contributed by atoms with van der Waals surface area (Å²) in [5, 5.41) is 2.70. The van der Waals surface area contributed by atoms with Gasteiger partial charge in [0.1, 0.15) is 0 Å². The van der Waals surface area contributed by atoms with Gasteiger partial charge in [-0.05, 0) is 37.6 Å². The van der Waals surface area contributed by atoms with Gasteiger partial charge >= 0.3 is 0 Å². The number of carbonyl (C=O) groups excluding carboxylic acids is 2. The first kappa shape index (κ1) is 19.2. The first-order valence-electron chi connectivity index (χ1n) is 8.30. The molecule has 0 unspecified atom stereocenters. The summed E-state index contributed by atoms with van der Waals surface area (Å²) >= 11 is 0. The molecule has 2 aliphatic rings. The Morgan fingerprint density at radius 2 is 1.77 bits per heavy atom. The van der Waals surface area contributed by atoms with E-state index in [1.54, 1.807) is 7.05 Å². The fraction of sp³-hybridized carbons (Fsp3) is 0.875. The minimum Gasteiger partial charge on any atom is -0.359 e. The smallest absolute Gasteiger partial charge is 0.223 e. The number of nitrogens with two attached hydrogens (primary N) is 1. The molecule has 6 heteroatoms. The Morgan fingerprint density at radius 3 is 2.27 bits per heavy atom. The molecule has 3 N–H and O–H groups in total. The standard InChI is InChI=1S/C16H29N3O2.ClH/c1-18-15(21)13-5-9-19(10-6-13)14(20)11-16(12-17)7-3-2-4-8-16;/h13H,2-12,17H2,1H3,(H,18,21);1H. The molecule has 128 valence electrons. The van der Waals surface area contributed by atoms with E-state index in [0.717, 1.165) is 25.7 Å². The van der Waals surface area contributed by atoms with Crippen LogP contribution in [-0.2, 0) is 9.59 Å². The second-order valence-corrected chi connectivity index (χ2v) is 6.71. The van der Waals surface area contributed by atoms with Gasteiger partial charge in [-0.15, -0.1) is 12.4 Å². The molecule has 5 nitrogen and oxygen atoms in total. The van der Waals surface area contributed by atoms with Gasteiger partial charge in [0.15, 0.2) is 0 Å². The Hall–Kier alpha value is -0.810. The first-order valence-corrected chi connectivity index (χ1v) is 8.30. The molecule has 0 bridgehead atoms. The molecule has 0 aromatic rings. The summed E-state index contributed by atoms with van der Waals surface area (Å²) in [6.07, 6.45) is 7.99. The average molecular weight is 332 g/mol. The number of piperidine rings is 1. The van der Waals surface area contributed by atoms with E-state index in [1.165, 1.54) is 19.3 Å². The van der Waals surface area contributed by atoms with Crippen molar-refractivity contribution >= 4 is 24.2 Å². The van der Waals surface area contributed by atoms with Crippen LogP contribution in [0, 0.1) is 11.3 Å². The van der Waals surface area contributed by atoms with Gasteiger partial charge in [0, 0.05) is 32.5 Å². The van der Waals surface area contributed by atoms with Gasteiger partial charge in [-0.1, -0.05) is 19.3 Å². The lowest BCUT2D eigenvalue weighted by atomic mass is 9.71. The Kier molecular flexibility index (Phi) is 7.63. The number of hydrogen-bond acceptors (Lipinski definition) is 3. The summed E-state index contributed by atoms with van der Waals surface area (Å²) in [5.74, 6) is 0.405. The molecule has 2 fully saturated rings. The average Bonchev–Trinajstić information content (AvgIpc) is 2.55. The van der Waals surface area contributed by atoms with Gasteiger partial charge in [-0.2, -0.15) is 0 Å². The number of carbonyl (C=O) groups is 2. The third-order valence-corrected chi connectivity index (χ3v) is 5.34. The van der Waals surface area contributed by atoms with Crippen LogP contribution >= 0.6 is 12.4 Å². The van der Waals surface area contributed by atoms with Gasteiger partial charge < -0.3 is 16.0 Å². The SMILES string of the molecule is CNC(=O)C1CCN(C(=O)CC2(CN)CCCCC2)CC1.Cl. The lowest BCUT2D eigenvalue weighted by molar-refractivity contribution is -0.138. The van der Waals surface area contributed by atoms with E-state index < -0.39 is 0 Å². The molecule has 0 atom stereocenters. The second kappa shape index (κ2) is 8.73. The highest BCUT2D eigenvalue weighted by Crippen LogP contribution is 2.39. The van der Waals surface area contributed by atoms with Crippen molar-refractivity contribution in [3.8, 4) is 0 Å². The largest absolute Gasteiger partial charge is 0.359 e. The number of nitrogens with one attached hydrogen (secondary N) is 1. The summed E-state index contributed by atoms with van der Waals surface area (Å²) in [6, 6.07) is 0. The van der Waals surface area contributed by atoms with Crippen molar-refractivity contribution in [2.75, 3.05) is 26.7 Å². The maximum atomic E-state index is 12.5. The highest BCUT2D eigenvalue weighted by molar-refractivity contribution is 5.85. The Bertz CT molecular complexity index is 376. The maximum Gasteiger partial charge on any atom is 0.223 e. The van der Waals surface area contributed by atoms with Crippen LogP contribution in [0.1, 0.15) is 51.4 Å². The highest BCUT2D eigenvalue weighted by atomic mass is 35.5. The number of rotatable bonds is 4. The van der Waals surface area contributed by atoms with Crippen molar-refractivity contribution in [3.63, 3.8) is 0 Å². The lowest BCUT2D eigenvalue weighted by Crippen LogP contribution is -2.45. The molecule has 1 heterocycles. The van der Waals surface area contributed by atoms with E-state index in [1.807, 2.05) is 4.90 Å². The topological polar surface area (TPSA) is 75.4 Å². The molecular formula is C16H30ClN3O2. The molecule has 2 amide bonds. The molecule has 1 saturated heterocycles. The molecule has 0 radical (unpaired) electrons. The van der Waals surface area contributed by atoms with E-state index in [0.29, 0.717) is 26.1 Å². The third kappa shape index (κ3) is 4.59.